The van der Waals surface area contributed by atoms with Crippen molar-refractivity contribution in [2.24, 2.45) is 0 Å². The molecule has 8 nitrogen and oxygen atoms in total. The number of alkyl carbamates (subject to hydrolysis) is 1. The molecular weight excluding hydrogens is 435 g/mol. The van der Waals surface area contributed by atoms with E-state index in [0.717, 1.165) is 5.56 Å². The molecule has 3 rings (SSSR count). The highest BCUT2D eigenvalue weighted by Gasteiger charge is 2.52. The number of hydrogen-bond acceptors (Lipinski definition) is 7. The minimum atomic E-state index is -0.694. The van der Waals surface area contributed by atoms with Crippen LogP contribution in [0.1, 0.15) is 49.2 Å². The molecule has 180 valence electrons. The summed E-state index contributed by atoms with van der Waals surface area (Å²) in [6.45, 7) is 8.10. The highest BCUT2D eigenvalue weighted by molar-refractivity contribution is 6.56. The van der Waals surface area contributed by atoms with Crippen molar-refractivity contribution in [3.05, 3.63) is 70.7 Å². The van der Waals surface area contributed by atoms with E-state index in [0.29, 0.717) is 11.0 Å². The van der Waals surface area contributed by atoms with Gasteiger partial charge in [0.2, 0.25) is 0 Å². The number of methoxy groups -OCH3 is 1. The second kappa shape index (κ2) is 10.3. The lowest BCUT2D eigenvalue weighted by Crippen LogP contribution is -2.41. The molecule has 1 amide bonds. The number of amides is 1. The number of anilines is 1. The first-order valence-corrected chi connectivity index (χ1v) is 11.0. The summed E-state index contributed by atoms with van der Waals surface area (Å²) >= 11 is 0. The van der Waals surface area contributed by atoms with Crippen molar-refractivity contribution in [2.45, 2.75) is 45.5 Å². The molecule has 2 aromatic carbocycles. The first-order valence-electron chi connectivity index (χ1n) is 11.0. The zero-order valence-electron chi connectivity index (χ0n) is 20.2. The van der Waals surface area contributed by atoms with E-state index >= 15 is 0 Å². The van der Waals surface area contributed by atoms with Crippen molar-refractivity contribution in [2.75, 3.05) is 19.4 Å². The Balaban J connectivity index is 1.78. The van der Waals surface area contributed by atoms with Crippen LogP contribution < -0.4 is 11.1 Å². The minimum Gasteiger partial charge on any atom is -0.465 e. The quantitative estimate of drug-likeness (QED) is 0.361. The molecule has 2 aromatic rings. The van der Waals surface area contributed by atoms with Crippen LogP contribution in [-0.4, -0.2) is 44.0 Å². The third kappa shape index (κ3) is 5.98. The number of esters is 1. The molecule has 0 unspecified atom stereocenters. The maximum absolute atomic E-state index is 12.3. The summed E-state index contributed by atoms with van der Waals surface area (Å²) in [6, 6.07) is 14.4. The van der Waals surface area contributed by atoms with Crippen molar-refractivity contribution in [3.63, 3.8) is 0 Å². The number of rotatable bonds is 7. The second-order valence-electron chi connectivity index (χ2n) is 9.06. The first kappa shape index (κ1) is 25.3. The number of carbonyl (C=O) groups is 2. The summed E-state index contributed by atoms with van der Waals surface area (Å²) in [6.07, 6.45) is 1.25. The van der Waals surface area contributed by atoms with Gasteiger partial charge in [-0.25, -0.2) is 9.59 Å². The first-order chi connectivity index (χ1) is 16.0. The van der Waals surface area contributed by atoms with E-state index in [4.69, 9.17) is 24.5 Å². The third-order valence-corrected chi connectivity index (χ3v) is 6.04. The number of carbonyl (C=O) groups excluding carboxylic acids is 2. The number of nitrogens with two attached hydrogens (primary N) is 1. The molecule has 9 heteroatoms. The van der Waals surface area contributed by atoms with E-state index in [9.17, 15) is 9.59 Å². The van der Waals surface area contributed by atoms with Gasteiger partial charge in [0.05, 0.1) is 23.9 Å². The Kier molecular flexibility index (Phi) is 7.69. The maximum atomic E-state index is 12.3. The molecule has 0 radical (unpaired) electrons. The van der Waals surface area contributed by atoms with Gasteiger partial charge in [-0.1, -0.05) is 42.5 Å². The van der Waals surface area contributed by atoms with Gasteiger partial charge in [-0.2, -0.15) is 0 Å². The molecule has 3 N–H and O–H groups in total. The van der Waals surface area contributed by atoms with Crippen molar-refractivity contribution >= 4 is 30.9 Å². The molecular formula is C25H31BN2O6. The third-order valence-electron chi connectivity index (χ3n) is 6.04. The fourth-order valence-corrected chi connectivity index (χ4v) is 3.33. The molecule has 1 saturated heterocycles. The van der Waals surface area contributed by atoms with Crippen LogP contribution in [0.3, 0.4) is 0 Å². The summed E-state index contributed by atoms with van der Waals surface area (Å²) in [7, 11) is 0.607. The van der Waals surface area contributed by atoms with Gasteiger partial charge in [0.1, 0.15) is 6.61 Å². The summed E-state index contributed by atoms with van der Waals surface area (Å²) in [5.41, 5.74) is 7.77. The lowest BCUT2D eigenvalue weighted by atomic mass is 9.77. The zero-order chi connectivity index (χ0) is 24.9. The predicted molar refractivity (Wildman–Crippen MR) is 131 cm³/mol. The number of benzene rings is 2. The molecule has 1 fully saturated rings. The Hall–Kier alpha value is -3.30. The Morgan fingerprint density at radius 1 is 1.06 bits per heavy atom. The van der Waals surface area contributed by atoms with E-state index in [1.807, 2.05) is 64.1 Å². The lowest BCUT2D eigenvalue weighted by molar-refractivity contribution is 0.00578. The van der Waals surface area contributed by atoms with Gasteiger partial charge in [-0.3, -0.25) is 0 Å². The van der Waals surface area contributed by atoms with Crippen LogP contribution >= 0.6 is 0 Å². The zero-order valence-corrected chi connectivity index (χ0v) is 20.2. The number of nitrogen functional groups attached to an aromatic ring is 1. The van der Waals surface area contributed by atoms with Crippen molar-refractivity contribution in [3.8, 4) is 0 Å². The monoisotopic (exact) mass is 466 g/mol. The molecule has 0 aromatic heterocycles. The van der Waals surface area contributed by atoms with Crippen LogP contribution in [0.4, 0.5) is 10.5 Å². The minimum absolute atomic E-state index is 0.128. The maximum Gasteiger partial charge on any atom is 0.492 e. The largest absolute Gasteiger partial charge is 0.492 e. The van der Waals surface area contributed by atoms with E-state index in [2.05, 4.69) is 5.32 Å². The van der Waals surface area contributed by atoms with Gasteiger partial charge in [0.15, 0.2) is 0 Å². The fourth-order valence-electron chi connectivity index (χ4n) is 3.33. The highest BCUT2D eigenvalue weighted by Crippen LogP contribution is 2.38. The van der Waals surface area contributed by atoms with Gasteiger partial charge in [0.25, 0.3) is 0 Å². The normalized spacial score (nSPS) is 16.7. The number of hydrogen-bond donors (Lipinski definition) is 2. The predicted octanol–water partition coefficient (Wildman–Crippen LogP) is 4.00. The SMILES string of the molecule is COC(=O)c1ccc(C=C(CNC(=O)OCc2ccccc2)B2OC(C)(C)C(C)(C)O2)cc1N. The summed E-state index contributed by atoms with van der Waals surface area (Å²) in [4.78, 5) is 24.2. The molecule has 0 atom stereocenters. The molecule has 1 heterocycles. The average Bonchev–Trinajstić information content (AvgIpc) is 3.02. The molecule has 0 saturated carbocycles. The Bertz CT molecular complexity index is 1050. The van der Waals surface area contributed by atoms with E-state index in [-0.39, 0.29) is 24.4 Å². The number of nitrogens with one attached hydrogen (secondary N) is 1. The van der Waals surface area contributed by atoms with Crippen LogP contribution in [-0.2, 0) is 25.4 Å². The van der Waals surface area contributed by atoms with Crippen LogP contribution in [0, 0.1) is 0 Å². The van der Waals surface area contributed by atoms with Crippen LogP contribution in [0.25, 0.3) is 6.08 Å². The topological polar surface area (TPSA) is 109 Å². The number of ether oxygens (including phenoxy) is 2. The van der Waals surface area contributed by atoms with Crippen LogP contribution in [0.15, 0.2) is 54.0 Å². The summed E-state index contributed by atoms with van der Waals surface area (Å²) < 4.78 is 22.4. The van der Waals surface area contributed by atoms with Crippen molar-refractivity contribution in [1.29, 1.82) is 0 Å². The second-order valence-corrected chi connectivity index (χ2v) is 9.06. The molecule has 34 heavy (non-hydrogen) atoms. The average molecular weight is 466 g/mol. The molecule has 0 aliphatic carbocycles. The Morgan fingerprint density at radius 3 is 2.29 bits per heavy atom. The van der Waals surface area contributed by atoms with Gasteiger partial charge in [-0.15, -0.1) is 0 Å². The van der Waals surface area contributed by atoms with Gasteiger partial charge < -0.3 is 29.8 Å². The molecule has 0 bridgehead atoms. The Morgan fingerprint density at radius 2 is 1.71 bits per heavy atom. The Labute approximate surface area is 200 Å². The van der Waals surface area contributed by atoms with E-state index in [1.54, 1.807) is 18.2 Å². The van der Waals surface area contributed by atoms with Gasteiger partial charge in [-0.05, 0) is 56.4 Å². The standard InChI is InChI=1S/C25H31BN2O6/c1-24(2)25(3,4)34-26(33-24)19(13-18-11-12-20(21(27)14-18)22(29)31-5)15-28-23(30)32-16-17-9-7-6-8-10-17/h6-14H,15-16,27H2,1-5H3,(H,28,30). The fraction of sp³-hybridized carbons (Fsp3) is 0.360. The van der Waals surface area contributed by atoms with Crippen molar-refractivity contribution < 1.29 is 28.4 Å². The van der Waals surface area contributed by atoms with E-state index < -0.39 is 30.4 Å². The molecule has 1 aliphatic heterocycles. The van der Waals surface area contributed by atoms with Crippen LogP contribution in [0.2, 0.25) is 0 Å². The summed E-state index contributed by atoms with van der Waals surface area (Å²) in [5, 5.41) is 2.76. The van der Waals surface area contributed by atoms with Gasteiger partial charge in [0, 0.05) is 12.2 Å². The van der Waals surface area contributed by atoms with E-state index in [1.165, 1.54) is 7.11 Å². The molecule has 1 aliphatic rings. The van der Waals surface area contributed by atoms with Gasteiger partial charge >= 0.3 is 19.2 Å². The van der Waals surface area contributed by atoms with Crippen LogP contribution in [0.5, 0.6) is 0 Å². The smallest absolute Gasteiger partial charge is 0.465 e. The highest BCUT2D eigenvalue weighted by atomic mass is 16.7. The lowest BCUT2D eigenvalue weighted by Gasteiger charge is -2.32. The van der Waals surface area contributed by atoms with Crippen molar-refractivity contribution in [1.82, 2.24) is 5.32 Å². The summed E-state index contributed by atoms with van der Waals surface area (Å²) in [5.74, 6) is -0.512. The molecule has 0 spiro atoms.